The van der Waals surface area contributed by atoms with Crippen molar-refractivity contribution in [2.75, 3.05) is 32.1 Å². The third-order valence-corrected chi connectivity index (χ3v) is 7.14. The first kappa shape index (κ1) is 22.7. The highest BCUT2D eigenvalue weighted by atomic mass is 35.5. The van der Waals surface area contributed by atoms with Gasteiger partial charge in [-0.2, -0.15) is 4.31 Å². The molecule has 0 bridgehead atoms. The van der Waals surface area contributed by atoms with Gasteiger partial charge in [0, 0.05) is 18.8 Å². The lowest BCUT2D eigenvalue weighted by atomic mass is 10.2. The molecule has 2 aromatic carbocycles. The van der Waals surface area contributed by atoms with E-state index in [1.807, 2.05) is 0 Å². The van der Waals surface area contributed by atoms with Crippen LogP contribution in [0.15, 0.2) is 41.3 Å². The third kappa shape index (κ3) is 5.37. The van der Waals surface area contributed by atoms with Crippen LogP contribution >= 0.6 is 23.2 Å². The molecule has 0 atom stereocenters. The zero-order valence-corrected chi connectivity index (χ0v) is 18.7. The first-order valence-electron chi connectivity index (χ1n) is 9.37. The predicted octanol–water partition coefficient (Wildman–Crippen LogP) is 4.19. The molecule has 1 N–H and O–H groups in total. The molecule has 0 saturated carbocycles. The van der Waals surface area contributed by atoms with Gasteiger partial charge < -0.3 is 14.8 Å². The molecule has 0 spiro atoms. The predicted molar refractivity (Wildman–Crippen MR) is 116 cm³/mol. The van der Waals surface area contributed by atoms with Crippen LogP contribution in [0.5, 0.6) is 11.5 Å². The van der Waals surface area contributed by atoms with Crippen molar-refractivity contribution in [3.05, 3.63) is 46.4 Å². The maximum Gasteiger partial charge on any atom is 0.262 e. The Morgan fingerprint density at radius 1 is 1.03 bits per heavy atom. The van der Waals surface area contributed by atoms with Crippen LogP contribution in [0.1, 0.15) is 19.3 Å². The van der Waals surface area contributed by atoms with Crippen molar-refractivity contribution in [2.45, 2.75) is 24.2 Å². The summed E-state index contributed by atoms with van der Waals surface area (Å²) in [6, 6.07) is 9.09. The van der Waals surface area contributed by atoms with E-state index in [2.05, 4.69) is 5.32 Å². The molecule has 10 heteroatoms. The monoisotopic (exact) mass is 472 g/mol. The van der Waals surface area contributed by atoms with Crippen LogP contribution in [0.2, 0.25) is 10.0 Å². The zero-order chi connectivity index (χ0) is 21.7. The van der Waals surface area contributed by atoms with Crippen molar-refractivity contribution in [1.82, 2.24) is 4.31 Å². The van der Waals surface area contributed by atoms with Gasteiger partial charge in [-0.1, -0.05) is 29.6 Å². The Labute approximate surface area is 185 Å². The van der Waals surface area contributed by atoms with Crippen molar-refractivity contribution in [2.24, 2.45) is 0 Å². The van der Waals surface area contributed by atoms with E-state index >= 15 is 0 Å². The van der Waals surface area contributed by atoms with Crippen molar-refractivity contribution in [3.8, 4) is 11.5 Å². The molecule has 7 nitrogen and oxygen atoms in total. The number of ether oxygens (including phenoxy) is 2. The van der Waals surface area contributed by atoms with E-state index in [4.69, 9.17) is 32.7 Å². The molecule has 0 unspecified atom stereocenters. The topological polar surface area (TPSA) is 84.9 Å². The molecule has 1 aliphatic heterocycles. The summed E-state index contributed by atoms with van der Waals surface area (Å²) >= 11 is 12.2. The van der Waals surface area contributed by atoms with Gasteiger partial charge in [-0.3, -0.25) is 4.79 Å². The lowest BCUT2D eigenvalue weighted by molar-refractivity contribution is -0.118. The van der Waals surface area contributed by atoms with Crippen LogP contribution in [-0.4, -0.2) is 45.4 Å². The molecule has 1 fully saturated rings. The number of nitrogens with zero attached hydrogens (tertiary/aromatic N) is 1. The van der Waals surface area contributed by atoms with E-state index in [9.17, 15) is 13.2 Å². The average Bonchev–Trinajstić information content (AvgIpc) is 2.73. The molecule has 1 aliphatic rings. The second-order valence-corrected chi connectivity index (χ2v) is 9.50. The molecule has 0 aromatic heterocycles. The number of piperidine rings is 1. The van der Waals surface area contributed by atoms with E-state index in [1.165, 1.54) is 29.6 Å². The third-order valence-electron chi connectivity index (χ3n) is 4.65. The number of anilines is 1. The van der Waals surface area contributed by atoms with Crippen molar-refractivity contribution >= 4 is 44.8 Å². The number of hydrogen-bond donors (Lipinski definition) is 1. The normalized spacial score (nSPS) is 14.9. The number of nitrogens with one attached hydrogen (secondary N) is 1. The minimum Gasteiger partial charge on any atom is -0.495 e. The molecular formula is C20H22Cl2N2O5S. The fraction of sp³-hybridized carbons (Fsp3) is 0.350. The summed E-state index contributed by atoms with van der Waals surface area (Å²) in [5.74, 6) is 0.298. The highest BCUT2D eigenvalue weighted by Crippen LogP contribution is 2.30. The Hall–Kier alpha value is -2.00. The lowest BCUT2D eigenvalue weighted by Crippen LogP contribution is -2.35. The molecule has 162 valence electrons. The molecule has 2 aromatic rings. The number of amides is 1. The SMILES string of the molecule is COc1ccc(NC(=O)COc2ccc(S(=O)(=O)N3CCCCC3)cc2Cl)cc1Cl. The fourth-order valence-corrected chi connectivity index (χ4v) is 5.20. The quantitative estimate of drug-likeness (QED) is 0.652. The van der Waals surface area contributed by atoms with E-state index < -0.39 is 15.9 Å². The zero-order valence-electron chi connectivity index (χ0n) is 16.4. The maximum absolute atomic E-state index is 12.7. The van der Waals surface area contributed by atoms with E-state index in [1.54, 1.807) is 18.2 Å². The van der Waals surface area contributed by atoms with Crippen molar-refractivity contribution < 1.29 is 22.7 Å². The summed E-state index contributed by atoms with van der Waals surface area (Å²) in [6.07, 6.45) is 2.73. The number of halogens is 2. The second-order valence-electron chi connectivity index (χ2n) is 6.74. The summed E-state index contributed by atoms with van der Waals surface area (Å²) < 4.78 is 37.5. The number of benzene rings is 2. The molecule has 3 rings (SSSR count). The van der Waals surface area contributed by atoms with Gasteiger partial charge in [-0.15, -0.1) is 0 Å². The Morgan fingerprint density at radius 2 is 1.70 bits per heavy atom. The summed E-state index contributed by atoms with van der Waals surface area (Å²) in [5, 5.41) is 3.14. The highest BCUT2D eigenvalue weighted by molar-refractivity contribution is 7.89. The van der Waals surface area contributed by atoms with Crippen molar-refractivity contribution in [1.29, 1.82) is 0 Å². The number of carbonyl (C=O) groups excluding carboxylic acids is 1. The molecule has 1 amide bonds. The summed E-state index contributed by atoms with van der Waals surface area (Å²) in [4.78, 5) is 12.2. The van der Waals surface area contributed by atoms with Crippen LogP contribution in [-0.2, 0) is 14.8 Å². The molecule has 1 saturated heterocycles. The van der Waals surface area contributed by atoms with Gasteiger partial charge in [0.15, 0.2) is 6.61 Å². The van der Waals surface area contributed by atoms with Gasteiger partial charge >= 0.3 is 0 Å². The number of methoxy groups -OCH3 is 1. The summed E-state index contributed by atoms with van der Waals surface area (Å²) in [5.41, 5.74) is 0.489. The maximum atomic E-state index is 12.7. The van der Waals surface area contributed by atoms with Crippen LogP contribution in [0, 0.1) is 0 Å². The van der Waals surface area contributed by atoms with Crippen LogP contribution in [0.3, 0.4) is 0 Å². The van der Waals surface area contributed by atoms with Gasteiger partial charge in [-0.25, -0.2) is 8.42 Å². The van der Waals surface area contributed by atoms with Gasteiger partial charge in [0.25, 0.3) is 5.91 Å². The van der Waals surface area contributed by atoms with Gasteiger partial charge in [0.05, 0.1) is 22.1 Å². The number of sulfonamides is 1. The molecule has 0 radical (unpaired) electrons. The van der Waals surface area contributed by atoms with E-state index in [0.29, 0.717) is 29.5 Å². The van der Waals surface area contributed by atoms with E-state index in [0.717, 1.165) is 19.3 Å². The highest BCUT2D eigenvalue weighted by Gasteiger charge is 2.26. The largest absolute Gasteiger partial charge is 0.495 e. The first-order chi connectivity index (χ1) is 14.3. The van der Waals surface area contributed by atoms with Gasteiger partial charge in [0.2, 0.25) is 10.0 Å². The Bertz CT molecular complexity index is 1020. The fourth-order valence-electron chi connectivity index (χ4n) is 3.10. The number of carbonyl (C=O) groups is 1. The summed E-state index contributed by atoms with van der Waals surface area (Å²) in [6.45, 7) is 0.711. The first-order valence-corrected chi connectivity index (χ1v) is 11.6. The smallest absolute Gasteiger partial charge is 0.262 e. The second kappa shape index (κ2) is 9.87. The minimum atomic E-state index is -3.59. The number of rotatable bonds is 7. The van der Waals surface area contributed by atoms with Crippen LogP contribution in [0.4, 0.5) is 5.69 Å². The Kier molecular flexibility index (Phi) is 7.46. The molecular weight excluding hydrogens is 451 g/mol. The number of hydrogen-bond acceptors (Lipinski definition) is 5. The van der Waals surface area contributed by atoms with Gasteiger partial charge in [-0.05, 0) is 49.2 Å². The summed E-state index contributed by atoms with van der Waals surface area (Å²) in [7, 11) is -2.09. The van der Waals surface area contributed by atoms with Crippen LogP contribution in [0.25, 0.3) is 0 Å². The standard InChI is InChI=1S/C20H22Cl2N2O5S/c1-28-18-7-5-14(11-16(18)21)23-20(25)13-29-19-8-6-15(12-17(19)22)30(26,27)24-9-3-2-4-10-24/h5-8,11-12H,2-4,9-10,13H2,1H3,(H,23,25). The Balaban J connectivity index is 1.62. The van der Waals surface area contributed by atoms with Gasteiger partial charge in [0.1, 0.15) is 11.5 Å². The molecule has 0 aliphatic carbocycles. The molecule has 1 heterocycles. The Morgan fingerprint density at radius 3 is 2.33 bits per heavy atom. The van der Waals surface area contributed by atoms with Crippen LogP contribution < -0.4 is 14.8 Å². The molecule has 30 heavy (non-hydrogen) atoms. The minimum absolute atomic E-state index is 0.110. The lowest BCUT2D eigenvalue weighted by Gasteiger charge is -2.26. The van der Waals surface area contributed by atoms with Crippen molar-refractivity contribution in [3.63, 3.8) is 0 Å². The van der Waals surface area contributed by atoms with E-state index in [-0.39, 0.29) is 22.3 Å². The average molecular weight is 473 g/mol.